The van der Waals surface area contributed by atoms with E-state index in [1.165, 1.54) is 12.5 Å². The van der Waals surface area contributed by atoms with Crippen LogP contribution in [0.2, 0.25) is 5.15 Å². The van der Waals surface area contributed by atoms with E-state index in [0.717, 1.165) is 22.4 Å². The van der Waals surface area contributed by atoms with Crippen LogP contribution in [0.15, 0.2) is 37.2 Å². The molecule has 1 aromatic carbocycles. The van der Waals surface area contributed by atoms with E-state index in [1.807, 2.05) is 18.2 Å². The highest BCUT2D eigenvalue weighted by atomic mass is 35.5. The third kappa shape index (κ3) is 2.57. The molecule has 2 rings (SSSR count). The van der Waals surface area contributed by atoms with Crippen molar-refractivity contribution in [3.63, 3.8) is 0 Å². The second kappa shape index (κ2) is 4.89. The number of nitrogens with zero attached hydrogens (tertiary/aromatic N) is 2. The van der Waals surface area contributed by atoms with Gasteiger partial charge in [0.05, 0.1) is 5.69 Å². The Hall–Kier alpha value is -2.00. The van der Waals surface area contributed by atoms with E-state index in [4.69, 9.17) is 17.0 Å². The third-order valence-corrected chi connectivity index (χ3v) is 2.52. The lowest BCUT2D eigenvalue weighted by Crippen LogP contribution is -1.89. The maximum Gasteiger partial charge on any atom is 0.133 e. The van der Waals surface area contributed by atoms with Crippen molar-refractivity contribution < 1.29 is 0 Å². The SMILES string of the molecule is C=Cc1cc(C=N)cc(-c2cc(Cl)ncn2)c1. The molecule has 1 heterocycles. The molecule has 1 N–H and O–H groups in total. The van der Waals surface area contributed by atoms with Crippen LogP contribution in [0.4, 0.5) is 0 Å². The minimum Gasteiger partial charge on any atom is -0.308 e. The first-order chi connectivity index (χ1) is 8.22. The number of benzene rings is 1. The van der Waals surface area contributed by atoms with Crippen molar-refractivity contribution in [1.29, 1.82) is 5.41 Å². The fourth-order valence-corrected chi connectivity index (χ4v) is 1.66. The van der Waals surface area contributed by atoms with Crippen molar-refractivity contribution in [2.24, 2.45) is 0 Å². The van der Waals surface area contributed by atoms with Gasteiger partial charge in [0.15, 0.2) is 0 Å². The van der Waals surface area contributed by atoms with Gasteiger partial charge in [0.2, 0.25) is 0 Å². The van der Waals surface area contributed by atoms with Crippen molar-refractivity contribution >= 4 is 23.9 Å². The summed E-state index contributed by atoms with van der Waals surface area (Å²) in [5, 5.41) is 7.70. The number of hydrogen-bond donors (Lipinski definition) is 1. The molecule has 0 aliphatic rings. The van der Waals surface area contributed by atoms with Crippen LogP contribution in [0.1, 0.15) is 11.1 Å². The smallest absolute Gasteiger partial charge is 0.133 e. The van der Waals surface area contributed by atoms with Gasteiger partial charge in [-0.2, -0.15) is 0 Å². The number of halogens is 1. The van der Waals surface area contributed by atoms with Crippen LogP contribution < -0.4 is 0 Å². The molecule has 0 atom stereocenters. The van der Waals surface area contributed by atoms with Crippen LogP contribution in [0.5, 0.6) is 0 Å². The van der Waals surface area contributed by atoms with Crippen LogP contribution in [0.25, 0.3) is 17.3 Å². The number of nitrogens with one attached hydrogen (secondary N) is 1. The van der Waals surface area contributed by atoms with Crippen LogP contribution in [0.3, 0.4) is 0 Å². The summed E-state index contributed by atoms with van der Waals surface area (Å²) in [7, 11) is 0. The van der Waals surface area contributed by atoms with Crippen LogP contribution >= 0.6 is 11.6 Å². The van der Waals surface area contributed by atoms with E-state index >= 15 is 0 Å². The molecular weight excluding hydrogens is 234 g/mol. The fourth-order valence-electron chi connectivity index (χ4n) is 1.52. The van der Waals surface area contributed by atoms with Gasteiger partial charge in [-0.1, -0.05) is 24.3 Å². The summed E-state index contributed by atoms with van der Waals surface area (Å²) in [6.45, 7) is 3.72. The molecule has 0 spiro atoms. The molecular formula is C13H10ClN3. The first-order valence-electron chi connectivity index (χ1n) is 4.99. The Kier molecular flexibility index (Phi) is 3.30. The van der Waals surface area contributed by atoms with E-state index in [1.54, 1.807) is 12.1 Å². The van der Waals surface area contributed by atoms with E-state index < -0.39 is 0 Å². The van der Waals surface area contributed by atoms with Gasteiger partial charge < -0.3 is 5.41 Å². The van der Waals surface area contributed by atoms with E-state index in [-0.39, 0.29) is 0 Å². The first-order valence-corrected chi connectivity index (χ1v) is 5.36. The van der Waals surface area contributed by atoms with Crippen LogP contribution in [-0.2, 0) is 0 Å². The molecule has 0 aliphatic heterocycles. The Labute approximate surface area is 104 Å². The van der Waals surface area contributed by atoms with Crippen LogP contribution in [0, 0.1) is 5.41 Å². The van der Waals surface area contributed by atoms with E-state index in [2.05, 4.69) is 16.5 Å². The zero-order chi connectivity index (χ0) is 12.3. The second-order valence-electron chi connectivity index (χ2n) is 3.46. The number of hydrogen-bond acceptors (Lipinski definition) is 3. The minimum absolute atomic E-state index is 0.399. The maximum atomic E-state index is 7.30. The lowest BCUT2D eigenvalue weighted by Gasteiger charge is -2.04. The van der Waals surface area contributed by atoms with Gasteiger partial charge >= 0.3 is 0 Å². The molecule has 0 amide bonds. The summed E-state index contributed by atoms with van der Waals surface area (Å²) >= 11 is 5.83. The quantitative estimate of drug-likeness (QED) is 0.663. The van der Waals surface area contributed by atoms with E-state index in [0.29, 0.717) is 5.15 Å². The zero-order valence-corrected chi connectivity index (χ0v) is 9.78. The number of rotatable bonds is 3. The summed E-state index contributed by atoms with van der Waals surface area (Å²) < 4.78 is 0. The topological polar surface area (TPSA) is 49.6 Å². The van der Waals surface area contributed by atoms with Gasteiger partial charge in [0.25, 0.3) is 0 Å². The summed E-state index contributed by atoms with van der Waals surface area (Å²) in [6.07, 6.45) is 4.45. The highest BCUT2D eigenvalue weighted by Gasteiger charge is 2.03. The molecule has 2 aromatic rings. The molecule has 0 unspecified atom stereocenters. The van der Waals surface area contributed by atoms with Crippen LogP contribution in [-0.4, -0.2) is 16.2 Å². The number of aromatic nitrogens is 2. The van der Waals surface area contributed by atoms with Gasteiger partial charge in [-0.3, -0.25) is 0 Å². The minimum atomic E-state index is 0.399. The Bertz CT molecular complexity index is 552. The first kappa shape index (κ1) is 11.5. The van der Waals surface area contributed by atoms with Gasteiger partial charge in [-0.05, 0) is 29.3 Å². The summed E-state index contributed by atoms with van der Waals surface area (Å²) in [6, 6.07) is 7.39. The standard InChI is InChI=1S/C13H10ClN3/c1-2-9-3-10(7-15)5-11(4-9)12-6-13(14)17-8-16-12/h2-8,15H,1H2. The van der Waals surface area contributed by atoms with Gasteiger partial charge in [0, 0.05) is 17.8 Å². The molecule has 0 radical (unpaired) electrons. The predicted molar refractivity (Wildman–Crippen MR) is 70.5 cm³/mol. The fraction of sp³-hybridized carbons (Fsp3) is 0. The maximum absolute atomic E-state index is 7.30. The Morgan fingerprint density at radius 1 is 1.12 bits per heavy atom. The molecule has 0 fully saturated rings. The largest absolute Gasteiger partial charge is 0.308 e. The highest BCUT2D eigenvalue weighted by Crippen LogP contribution is 2.22. The molecule has 0 saturated carbocycles. The summed E-state index contributed by atoms with van der Waals surface area (Å²) in [5.74, 6) is 0. The van der Waals surface area contributed by atoms with E-state index in [9.17, 15) is 0 Å². The van der Waals surface area contributed by atoms with Gasteiger partial charge in [0.1, 0.15) is 11.5 Å². The lowest BCUT2D eigenvalue weighted by atomic mass is 10.0. The Morgan fingerprint density at radius 3 is 2.53 bits per heavy atom. The van der Waals surface area contributed by atoms with Crippen molar-refractivity contribution in [1.82, 2.24) is 9.97 Å². The Balaban J connectivity index is 2.58. The van der Waals surface area contributed by atoms with Gasteiger partial charge in [-0.25, -0.2) is 9.97 Å². The Morgan fingerprint density at radius 2 is 1.88 bits per heavy atom. The normalized spacial score (nSPS) is 9.94. The molecule has 17 heavy (non-hydrogen) atoms. The van der Waals surface area contributed by atoms with Gasteiger partial charge in [-0.15, -0.1) is 0 Å². The second-order valence-corrected chi connectivity index (χ2v) is 3.85. The average molecular weight is 244 g/mol. The molecule has 4 heteroatoms. The molecule has 0 bridgehead atoms. The van der Waals surface area contributed by atoms with Crippen molar-refractivity contribution in [3.8, 4) is 11.3 Å². The monoisotopic (exact) mass is 243 g/mol. The lowest BCUT2D eigenvalue weighted by molar-refractivity contribution is 1.17. The zero-order valence-electron chi connectivity index (χ0n) is 9.02. The highest BCUT2D eigenvalue weighted by molar-refractivity contribution is 6.29. The molecule has 1 aromatic heterocycles. The van der Waals surface area contributed by atoms with Crippen molar-refractivity contribution in [2.45, 2.75) is 0 Å². The summed E-state index contributed by atoms with van der Waals surface area (Å²) in [5.41, 5.74) is 3.37. The molecule has 0 aliphatic carbocycles. The summed E-state index contributed by atoms with van der Waals surface area (Å²) in [4.78, 5) is 8.00. The molecule has 0 saturated heterocycles. The van der Waals surface area contributed by atoms with Crippen molar-refractivity contribution in [2.75, 3.05) is 0 Å². The molecule has 84 valence electrons. The third-order valence-electron chi connectivity index (χ3n) is 2.31. The predicted octanol–water partition coefficient (Wildman–Crippen LogP) is 3.44. The van der Waals surface area contributed by atoms with Crippen molar-refractivity contribution in [3.05, 3.63) is 53.5 Å². The average Bonchev–Trinajstić information content (AvgIpc) is 2.38. The molecule has 3 nitrogen and oxygen atoms in total.